The van der Waals surface area contributed by atoms with Crippen LogP contribution in [0.3, 0.4) is 0 Å². The van der Waals surface area contributed by atoms with Gasteiger partial charge in [-0.05, 0) is 0 Å². The zero-order chi connectivity index (χ0) is 7.86. The molecule has 0 N–H and O–H groups in total. The van der Waals surface area contributed by atoms with Crippen LogP contribution in [-0.4, -0.2) is 11.0 Å². The van der Waals surface area contributed by atoms with E-state index in [9.17, 15) is 10.1 Å². The average molecular weight is 133 g/mol. The number of nitrogens with zero attached hydrogens (tertiary/aromatic N) is 1. The van der Waals surface area contributed by atoms with Crippen LogP contribution < -0.4 is 0 Å². The van der Waals surface area contributed by atoms with Gasteiger partial charge in [-0.1, -0.05) is 20.3 Å². The molecule has 9 heavy (non-hydrogen) atoms. The summed E-state index contributed by atoms with van der Waals surface area (Å²) in [5.74, 6) is 0. The molecule has 3 nitrogen and oxygen atoms in total. The van der Waals surface area contributed by atoms with E-state index in [2.05, 4.69) is 13.8 Å². The molecule has 0 bridgehead atoms. The summed E-state index contributed by atoms with van der Waals surface area (Å²) in [4.78, 5) is 9.17. The molecule has 0 saturated carbocycles. The van der Waals surface area contributed by atoms with Crippen molar-refractivity contribution >= 4 is 0 Å². The second-order valence-electron chi connectivity index (χ2n) is 2.09. The molecule has 0 radical (unpaired) electrons. The highest BCUT2D eigenvalue weighted by atomic mass is 16.6. The summed E-state index contributed by atoms with van der Waals surface area (Å²) >= 11 is 0. The fraction of sp³-hybridized carbons (Fsp3) is 1.00. The Kier molecular flexibility index (Phi) is 9.23. The van der Waals surface area contributed by atoms with Crippen molar-refractivity contribution in [3.05, 3.63) is 10.1 Å². The Morgan fingerprint density at radius 1 is 1.44 bits per heavy atom. The third kappa shape index (κ3) is 18.7. The number of rotatable bonds is 1. The summed E-state index contributed by atoms with van der Waals surface area (Å²) in [6.45, 7) is 7.33. The molecule has 0 atom stereocenters. The van der Waals surface area contributed by atoms with E-state index in [4.69, 9.17) is 0 Å². The van der Waals surface area contributed by atoms with Crippen molar-refractivity contribution in [1.82, 2.24) is 0 Å². The topological polar surface area (TPSA) is 43.1 Å². The molecule has 0 spiro atoms. The van der Waals surface area contributed by atoms with Gasteiger partial charge in [0.05, 0.1) is 0 Å². The van der Waals surface area contributed by atoms with Crippen molar-refractivity contribution in [3.63, 3.8) is 0 Å². The Hall–Kier alpha value is -0.600. The molecule has 0 rings (SSSR count). The van der Waals surface area contributed by atoms with Gasteiger partial charge in [-0.25, -0.2) is 0 Å². The molecule has 0 aliphatic heterocycles. The van der Waals surface area contributed by atoms with E-state index in [-0.39, 0.29) is 4.92 Å². The molecular weight excluding hydrogens is 118 g/mol. The van der Waals surface area contributed by atoms with Crippen molar-refractivity contribution in [2.75, 3.05) is 0 Å². The lowest BCUT2D eigenvalue weighted by Crippen LogP contribution is -2.08. The van der Waals surface area contributed by atoms with E-state index >= 15 is 0 Å². The van der Waals surface area contributed by atoms with Crippen molar-refractivity contribution in [2.45, 2.75) is 40.2 Å². The molecule has 0 aliphatic rings. The van der Waals surface area contributed by atoms with Gasteiger partial charge in [-0.15, -0.1) is 0 Å². The normalized spacial score (nSPS) is 8.11. The van der Waals surface area contributed by atoms with Crippen LogP contribution in [-0.2, 0) is 0 Å². The molecule has 0 aromatic carbocycles. The van der Waals surface area contributed by atoms with E-state index in [1.165, 1.54) is 6.42 Å². The number of hydrogen-bond acceptors (Lipinski definition) is 2. The van der Waals surface area contributed by atoms with Gasteiger partial charge in [-0.3, -0.25) is 10.1 Å². The van der Waals surface area contributed by atoms with Crippen LogP contribution in [0.4, 0.5) is 0 Å². The molecule has 0 amide bonds. The Balaban J connectivity index is 0. The van der Waals surface area contributed by atoms with E-state index in [1.54, 1.807) is 13.8 Å². The van der Waals surface area contributed by atoms with E-state index in [0.717, 1.165) is 0 Å². The predicted molar refractivity (Wildman–Crippen MR) is 38.1 cm³/mol. The van der Waals surface area contributed by atoms with Crippen LogP contribution in [0.1, 0.15) is 34.1 Å². The molecule has 56 valence electrons. The standard InChI is InChI=1S/C3H7NO2.C3H8/c1-3(2)4(5)6;1-3-2/h3H,1-2H3;3H2,1-2H3. The highest BCUT2D eigenvalue weighted by molar-refractivity contribution is 4.28. The first-order valence-electron chi connectivity index (χ1n) is 3.19. The second-order valence-corrected chi connectivity index (χ2v) is 2.09. The molecule has 0 aromatic heterocycles. The number of hydrogen-bond donors (Lipinski definition) is 0. The van der Waals surface area contributed by atoms with Crippen LogP contribution in [0.15, 0.2) is 0 Å². The maximum Gasteiger partial charge on any atom is 0.207 e. The molecule has 0 aliphatic carbocycles. The summed E-state index contributed by atoms with van der Waals surface area (Å²) in [5.41, 5.74) is 0. The molecule has 0 unspecified atom stereocenters. The monoisotopic (exact) mass is 133 g/mol. The summed E-state index contributed by atoms with van der Waals surface area (Å²) in [6.07, 6.45) is 1.25. The van der Waals surface area contributed by atoms with Crippen molar-refractivity contribution < 1.29 is 4.92 Å². The Morgan fingerprint density at radius 3 is 1.56 bits per heavy atom. The summed E-state index contributed by atoms with van der Waals surface area (Å²) < 4.78 is 0. The molecule has 0 heterocycles. The Bertz CT molecular complexity index is 71.5. The van der Waals surface area contributed by atoms with Gasteiger partial charge in [0.1, 0.15) is 0 Å². The highest BCUT2D eigenvalue weighted by Gasteiger charge is 1.99. The van der Waals surface area contributed by atoms with E-state index < -0.39 is 6.04 Å². The Labute approximate surface area is 56.2 Å². The lowest BCUT2D eigenvalue weighted by Gasteiger charge is -1.88. The first-order valence-corrected chi connectivity index (χ1v) is 3.19. The minimum Gasteiger partial charge on any atom is -0.264 e. The molecule has 0 aromatic rings. The maximum atomic E-state index is 9.50. The summed E-state index contributed by atoms with van der Waals surface area (Å²) in [5, 5.41) is 9.50. The van der Waals surface area contributed by atoms with Crippen molar-refractivity contribution in [3.8, 4) is 0 Å². The minimum atomic E-state index is -0.426. The van der Waals surface area contributed by atoms with Crippen LogP contribution >= 0.6 is 0 Å². The SMILES string of the molecule is CC(C)[N+](=O)[O-].CCC. The van der Waals surface area contributed by atoms with Gasteiger partial charge in [-0.2, -0.15) is 0 Å². The first kappa shape index (κ1) is 11.2. The quantitative estimate of drug-likeness (QED) is 0.406. The fourth-order valence-electron chi connectivity index (χ4n) is 0. The highest BCUT2D eigenvalue weighted by Crippen LogP contribution is 1.79. The average Bonchev–Trinajstić information content (AvgIpc) is 1.68. The first-order chi connectivity index (χ1) is 4.06. The van der Waals surface area contributed by atoms with Gasteiger partial charge in [0.15, 0.2) is 0 Å². The Morgan fingerprint density at radius 2 is 1.56 bits per heavy atom. The van der Waals surface area contributed by atoms with Crippen LogP contribution in [0.5, 0.6) is 0 Å². The predicted octanol–water partition coefficient (Wildman–Crippen LogP) is 2.09. The molecule has 0 saturated heterocycles. The molecule has 3 heteroatoms. The van der Waals surface area contributed by atoms with Gasteiger partial charge < -0.3 is 0 Å². The molecular formula is C6H15NO2. The van der Waals surface area contributed by atoms with Gasteiger partial charge in [0, 0.05) is 18.8 Å². The molecule has 0 fully saturated rings. The van der Waals surface area contributed by atoms with Gasteiger partial charge >= 0.3 is 0 Å². The van der Waals surface area contributed by atoms with Gasteiger partial charge in [0.25, 0.3) is 0 Å². The zero-order valence-electron chi connectivity index (χ0n) is 6.55. The van der Waals surface area contributed by atoms with E-state index in [0.29, 0.717) is 0 Å². The second kappa shape index (κ2) is 7.40. The van der Waals surface area contributed by atoms with Crippen molar-refractivity contribution in [2.24, 2.45) is 0 Å². The largest absolute Gasteiger partial charge is 0.264 e. The fourth-order valence-corrected chi connectivity index (χ4v) is 0. The lowest BCUT2D eigenvalue weighted by molar-refractivity contribution is -0.513. The van der Waals surface area contributed by atoms with Crippen LogP contribution in [0, 0.1) is 10.1 Å². The minimum absolute atomic E-state index is 0.333. The van der Waals surface area contributed by atoms with Crippen LogP contribution in [0.2, 0.25) is 0 Å². The zero-order valence-corrected chi connectivity index (χ0v) is 6.55. The van der Waals surface area contributed by atoms with Gasteiger partial charge in [0.2, 0.25) is 6.04 Å². The number of nitro groups is 1. The van der Waals surface area contributed by atoms with Crippen molar-refractivity contribution in [1.29, 1.82) is 0 Å². The summed E-state index contributed by atoms with van der Waals surface area (Å²) in [7, 11) is 0. The summed E-state index contributed by atoms with van der Waals surface area (Å²) in [6, 6.07) is -0.426. The lowest BCUT2D eigenvalue weighted by atomic mass is 10.4. The smallest absolute Gasteiger partial charge is 0.207 e. The van der Waals surface area contributed by atoms with E-state index in [1.807, 2.05) is 0 Å². The van der Waals surface area contributed by atoms with Crippen LogP contribution in [0.25, 0.3) is 0 Å². The maximum absolute atomic E-state index is 9.50. The third-order valence-corrected chi connectivity index (χ3v) is 0.422. The third-order valence-electron chi connectivity index (χ3n) is 0.422.